The average Bonchev–Trinajstić information content (AvgIpc) is 3.25. The monoisotopic (exact) mass is 442 g/mol. The molecule has 1 fully saturated rings. The number of piperidine rings is 1. The highest BCUT2D eigenvalue weighted by molar-refractivity contribution is 6.31. The van der Waals surface area contributed by atoms with E-state index in [2.05, 4.69) is 20.4 Å². The van der Waals surface area contributed by atoms with Gasteiger partial charge < -0.3 is 19.7 Å². The molecule has 3 aromatic rings. The maximum atomic E-state index is 12.6. The van der Waals surface area contributed by atoms with Crippen molar-refractivity contribution in [2.45, 2.75) is 19.4 Å². The van der Waals surface area contributed by atoms with Gasteiger partial charge in [-0.2, -0.15) is 4.98 Å². The molecule has 0 atom stereocenters. The molecule has 9 heteroatoms. The lowest BCUT2D eigenvalue weighted by molar-refractivity contribution is -0.121. The summed E-state index contributed by atoms with van der Waals surface area (Å²) in [6.45, 7) is 1.99. The molecule has 0 spiro atoms. The smallest absolute Gasteiger partial charge is 0.241 e. The van der Waals surface area contributed by atoms with Crippen LogP contribution in [0.1, 0.15) is 18.7 Å². The fraction of sp³-hybridized carbons (Fsp3) is 0.318. The molecule has 0 radical (unpaired) electrons. The van der Waals surface area contributed by atoms with E-state index in [1.807, 2.05) is 24.3 Å². The first-order valence-electron chi connectivity index (χ1n) is 10.0. The number of hydrogen-bond acceptors (Lipinski definition) is 7. The van der Waals surface area contributed by atoms with Gasteiger partial charge in [-0.3, -0.25) is 9.69 Å². The minimum atomic E-state index is -0.135. The van der Waals surface area contributed by atoms with Crippen LogP contribution >= 0.6 is 11.6 Å². The van der Waals surface area contributed by atoms with Crippen LogP contribution in [-0.4, -0.2) is 46.3 Å². The topological polar surface area (TPSA) is 101 Å². The summed E-state index contributed by atoms with van der Waals surface area (Å²) in [6, 6.07) is 12.1. The van der Waals surface area contributed by atoms with Gasteiger partial charge in [0.2, 0.25) is 17.6 Å². The number of anilines is 1. The van der Waals surface area contributed by atoms with Crippen LogP contribution in [0.3, 0.4) is 0 Å². The van der Waals surface area contributed by atoms with E-state index in [0.29, 0.717) is 41.8 Å². The number of hydrogen-bond donors (Lipinski definition) is 2. The number of amides is 1. The number of nitrogens with one attached hydrogen (secondary N) is 1. The second-order valence-electron chi connectivity index (χ2n) is 7.44. The summed E-state index contributed by atoms with van der Waals surface area (Å²) in [6.07, 6.45) is 1.40. The zero-order valence-electron chi connectivity index (χ0n) is 17.0. The third kappa shape index (κ3) is 5.15. The van der Waals surface area contributed by atoms with Crippen molar-refractivity contribution in [1.82, 2.24) is 15.0 Å². The Bertz CT molecular complexity index is 1060. The van der Waals surface area contributed by atoms with Crippen molar-refractivity contribution in [2.75, 3.05) is 25.5 Å². The highest BCUT2D eigenvalue weighted by Gasteiger charge is 2.26. The summed E-state index contributed by atoms with van der Waals surface area (Å²) in [7, 11) is 1.61. The zero-order chi connectivity index (χ0) is 21.8. The molecule has 162 valence electrons. The van der Waals surface area contributed by atoms with Gasteiger partial charge in [0.1, 0.15) is 11.5 Å². The molecule has 0 aliphatic carbocycles. The lowest BCUT2D eigenvalue weighted by Crippen LogP contribution is -2.37. The van der Waals surface area contributed by atoms with Gasteiger partial charge in [-0.15, -0.1) is 0 Å². The Balaban J connectivity index is 1.31. The summed E-state index contributed by atoms with van der Waals surface area (Å²) in [5, 5.41) is 17.2. The van der Waals surface area contributed by atoms with E-state index >= 15 is 0 Å². The summed E-state index contributed by atoms with van der Waals surface area (Å²) < 4.78 is 10.6. The second-order valence-corrected chi connectivity index (χ2v) is 7.88. The first-order valence-corrected chi connectivity index (χ1v) is 10.4. The number of nitrogens with zero attached hydrogens (tertiary/aromatic N) is 3. The molecule has 1 amide bonds. The van der Waals surface area contributed by atoms with Crippen molar-refractivity contribution < 1.29 is 19.2 Å². The van der Waals surface area contributed by atoms with Crippen molar-refractivity contribution in [3.63, 3.8) is 0 Å². The molecule has 0 unspecified atom stereocenters. The Kier molecular flexibility index (Phi) is 6.39. The number of methoxy groups -OCH3 is 1. The summed E-state index contributed by atoms with van der Waals surface area (Å²) in [5.74, 6) is 1.53. The Morgan fingerprint density at radius 1 is 1.29 bits per heavy atom. The van der Waals surface area contributed by atoms with Gasteiger partial charge in [-0.1, -0.05) is 28.9 Å². The van der Waals surface area contributed by atoms with Crippen LogP contribution in [0.5, 0.6) is 11.5 Å². The maximum absolute atomic E-state index is 12.6. The quantitative estimate of drug-likeness (QED) is 0.557. The number of ether oxygens (including phenoxy) is 1. The van der Waals surface area contributed by atoms with E-state index < -0.39 is 0 Å². The van der Waals surface area contributed by atoms with E-state index in [-0.39, 0.29) is 17.6 Å². The van der Waals surface area contributed by atoms with Crippen LogP contribution in [-0.2, 0) is 11.3 Å². The molecule has 1 aromatic heterocycles. The third-order valence-corrected chi connectivity index (χ3v) is 5.56. The number of halogens is 1. The summed E-state index contributed by atoms with van der Waals surface area (Å²) in [4.78, 5) is 19.2. The molecule has 2 heterocycles. The van der Waals surface area contributed by atoms with Gasteiger partial charge in [-0.25, -0.2) is 0 Å². The molecule has 0 bridgehead atoms. The van der Waals surface area contributed by atoms with Crippen molar-refractivity contribution in [3.8, 4) is 22.9 Å². The van der Waals surface area contributed by atoms with Gasteiger partial charge in [0.25, 0.3) is 0 Å². The Hall–Kier alpha value is -3.10. The fourth-order valence-corrected chi connectivity index (χ4v) is 3.76. The summed E-state index contributed by atoms with van der Waals surface area (Å²) in [5.41, 5.74) is 1.16. The van der Waals surface area contributed by atoms with Gasteiger partial charge in [-0.05, 0) is 56.3 Å². The Morgan fingerprint density at radius 3 is 2.87 bits per heavy atom. The number of benzene rings is 2. The highest BCUT2D eigenvalue weighted by atomic mass is 35.5. The van der Waals surface area contributed by atoms with Crippen LogP contribution in [0.25, 0.3) is 11.4 Å². The maximum Gasteiger partial charge on any atom is 0.241 e. The standard InChI is InChI=1S/C22H23ClN4O4/c1-30-17-4-2-3-15(11-17)21-25-20(31-26-21)13-27-9-7-14(8-10-27)22(29)24-18-12-16(23)5-6-19(18)28/h2-6,11-12,14,28H,7-10,13H2,1H3,(H,24,29). The SMILES string of the molecule is COc1cccc(-c2noc(CN3CCC(C(=O)Nc4cc(Cl)ccc4O)CC3)n2)c1. The van der Waals surface area contributed by atoms with Gasteiger partial charge >= 0.3 is 0 Å². The number of rotatable bonds is 6. The number of likely N-dealkylation sites (tertiary alicyclic amines) is 1. The number of carbonyl (C=O) groups excluding carboxylic acids is 1. The predicted octanol–water partition coefficient (Wildman–Crippen LogP) is 3.95. The molecular formula is C22H23ClN4O4. The van der Waals surface area contributed by atoms with Crippen LogP contribution in [0.4, 0.5) is 5.69 Å². The van der Waals surface area contributed by atoms with Gasteiger partial charge in [0, 0.05) is 16.5 Å². The second kappa shape index (κ2) is 9.36. The molecule has 1 saturated heterocycles. The summed E-state index contributed by atoms with van der Waals surface area (Å²) >= 11 is 5.94. The van der Waals surface area contributed by atoms with E-state index in [1.165, 1.54) is 6.07 Å². The number of aromatic nitrogens is 2. The van der Waals surface area contributed by atoms with Crippen molar-refractivity contribution in [3.05, 3.63) is 53.4 Å². The molecule has 1 aliphatic heterocycles. The zero-order valence-corrected chi connectivity index (χ0v) is 17.8. The molecule has 31 heavy (non-hydrogen) atoms. The first kappa shape index (κ1) is 21.1. The predicted molar refractivity (Wildman–Crippen MR) is 116 cm³/mol. The van der Waals surface area contributed by atoms with Gasteiger partial charge in [0.15, 0.2) is 0 Å². The van der Waals surface area contributed by atoms with E-state index in [0.717, 1.165) is 24.4 Å². The molecule has 2 N–H and O–H groups in total. The highest BCUT2D eigenvalue weighted by Crippen LogP contribution is 2.28. The Labute approximate surface area is 184 Å². The number of carbonyl (C=O) groups is 1. The molecule has 8 nitrogen and oxygen atoms in total. The molecule has 2 aromatic carbocycles. The molecule has 4 rings (SSSR count). The van der Waals surface area contributed by atoms with E-state index in [4.69, 9.17) is 20.9 Å². The normalized spacial score (nSPS) is 15.0. The van der Waals surface area contributed by atoms with Crippen molar-refractivity contribution >= 4 is 23.2 Å². The first-order chi connectivity index (χ1) is 15.0. The minimum absolute atomic E-state index is 0.00146. The lowest BCUT2D eigenvalue weighted by atomic mass is 9.96. The lowest BCUT2D eigenvalue weighted by Gasteiger charge is -2.30. The fourth-order valence-electron chi connectivity index (χ4n) is 3.59. The van der Waals surface area contributed by atoms with Crippen molar-refractivity contribution in [1.29, 1.82) is 0 Å². The molecule has 0 saturated carbocycles. The molecule has 1 aliphatic rings. The van der Waals surface area contributed by atoms with E-state index in [9.17, 15) is 9.90 Å². The van der Waals surface area contributed by atoms with Crippen molar-refractivity contribution in [2.24, 2.45) is 5.92 Å². The van der Waals surface area contributed by atoms with Crippen LogP contribution in [0, 0.1) is 5.92 Å². The third-order valence-electron chi connectivity index (χ3n) is 5.33. The van der Waals surface area contributed by atoms with Crippen LogP contribution in [0.2, 0.25) is 5.02 Å². The molecular weight excluding hydrogens is 420 g/mol. The number of phenolic OH excluding ortho intramolecular Hbond substituents is 1. The van der Waals surface area contributed by atoms with E-state index in [1.54, 1.807) is 19.2 Å². The average molecular weight is 443 g/mol. The van der Waals surface area contributed by atoms with Crippen LogP contribution in [0.15, 0.2) is 47.0 Å². The number of aromatic hydroxyl groups is 1. The number of phenols is 1. The van der Waals surface area contributed by atoms with Gasteiger partial charge in [0.05, 0.1) is 19.3 Å². The minimum Gasteiger partial charge on any atom is -0.506 e. The largest absolute Gasteiger partial charge is 0.506 e. The van der Waals surface area contributed by atoms with Crippen LogP contribution < -0.4 is 10.1 Å². The Morgan fingerprint density at radius 2 is 2.10 bits per heavy atom.